The summed E-state index contributed by atoms with van der Waals surface area (Å²) >= 11 is 0. The Balaban J connectivity index is 0.00000264. The Morgan fingerprint density at radius 2 is 1.39 bits per heavy atom. The molecule has 1 N–H and O–H groups in total. The van der Waals surface area contributed by atoms with Crippen LogP contribution in [0.3, 0.4) is 0 Å². The zero-order chi connectivity index (χ0) is 16.0. The predicted octanol–water partition coefficient (Wildman–Crippen LogP) is 0. The van der Waals surface area contributed by atoms with Crippen LogP contribution in [-0.2, 0) is 16.5 Å². The van der Waals surface area contributed by atoms with E-state index < -0.39 is 10.1 Å². The van der Waals surface area contributed by atoms with E-state index in [0.717, 1.165) is 5.56 Å². The molecule has 0 saturated carbocycles. The van der Waals surface area contributed by atoms with Crippen molar-refractivity contribution in [2.24, 2.45) is 10.2 Å². The van der Waals surface area contributed by atoms with E-state index in [2.05, 4.69) is 10.2 Å². The molecule has 2 aromatic rings. The van der Waals surface area contributed by atoms with Crippen molar-refractivity contribution in [2.75, 3.05) is 5.75 Å². The molecule has 0 unspecified atom stereocenters. The molecule has 6 nitrogen and oxygen atoms in total. The fourth-order valence-electron chi connectivity index (χ4n) is 1.82. The van der Waals surface area contributed by atoms with Crippen molar-refractivity contribution in [3.63, 3.8) is 0 Å². The molecule has 0 aliphatic rings. The van der Waals surface area contributed by atoms with E-state index in [1.54, 1.807) is 24.3 Å². The second-order valence-electron chi connectivity index (χ2n) is 4.75. The largest absolute Gasteiger partial charge is 1.00 e. The Morgan fingerprint density at radius 3 is 1.87 bits per heavy atom. The van der Waals surface area contributed by atoms with Gasteiger partial charge in [-0.25, -0.2) is 0 Å². The molecule has 0 amide bonds. The summed E-state index contributed by atoms with van der Waals surface area (Å²) in [6.07, 6.45) is 0.920. The molecule has 0 atom stereocenters. The summed E-state index contributed by atoms with van der Waals surface area (Å²) in [7, 11) is -3.90. The van der Waals surface area contributed by atoms with Crippen LogP contribution in [0.5, 0.6) is 5.75 Å². The number of hydrogen-bond acceptors (Lipinski definition) is 5. The molecule has 0 aromatic heterocycles. The number of azo groups is 1. The third-order valence-electron chi connectivity index (χ3n) is 2.92. The number of benzene rings is 2. The van der Waals surface area contributed by atoms with Gasteiger partial charge >= 0.3 is 29.6 Å². The van der Waals surface area contributed by atoms with Crippen molar-refractivity contribution < 1.29 is 47.6 Å². The minimum atomic E-state index is -3.90. The van der Waals surface area contributed by atoms with Crippen LogP contribution >= 0.6 is 0 Å². The third-order valence-corrected chi connectivity index (χ3v) is 3.73. The SMILES string of the molecule is O=S(=O)(O)CCCc1ccc(N=Nc2ccc([O-])cc2)cc1.[Na+]. The van der Waals surface area contributed by atoms with Crippen LogP contribution in [0.15, 0.2) is 58.8 Å². The summed E-state index contributed by atoms with van der Waals surface area (Å²) in [4.78, 5) is 0. The average Bonchev–Trinajstić information content (AvgIpc) is 2.47. The number of rotatable bonds is 6. The first kappa shape index (κ1) is 19.8. The molecule has 23 heavy (non-hydrogen) atoms. The molecule has 0 aliphatic heterocycles. The normalized spacial score (nSPS) is 11.3. The van der Waals surface area contributed by atoms with Gasteiger partial charge in [-0.15, -0.1) is 5.75 Å². The van der Waals surface area contributed by atoms with Crippen LogP contribution in [0.25, 0.3) is 0 Å². The monoisotopic (exact) mass is 342 g/mol. The first-order valence-corrected chi connectivity index (χ1v) is 8.26. The predicted molar refractivity (Wildman–Crippen MR) is 81.2 cm³/mol. The van der Waals surface area contributed by atoms with E-state index >= 15 is 0 Å². The van der Waals surface area contributed by atoms with Gasteiger partial charge in [-0.05, 0) is 42.7 Å². The minimum Gasteiger partial charge on any atom is -0.872 e. The molecule has 0 aliphatic carbocycles. The first-order chi connectivity index (χ1) is 10.4. The maximum atomic E-state index is 11.0. The van der Waals surface area contributed by atoms with Crippen molar-refractivity contribution in [1.29, 1.82) is 0 Å². The molecular weight excluding hydrogens is 327 g/mol. The summed E-state index contributed by atoms with van der Waals surface area (Å²) in [5.41, 5.74) is 2.21. The van der Waals surface area contributed by atoms with Crippen molar-refractivity contribution in [3.05, 3.63) is 54.1 Å². The Hall–Kier alpha value is -1.25. The van der Waals surface area contributed by atoms with Gasteiger partial charge in [0.05, 0.1) is 17.1 Å². The second kappa shape index (κ2) is 9.14. The Bertz CT molecular complexity index is 744. The van der Waals surface area contributed by atoms with Gasteiger partial charge in [0.25, 0.3) is 10.1 Å². The van der Waals surface area contributed by atoms with Crippen LogP contribution < -0.4 is 34.7 Å². The summed E-state index contributed by atoms with van der Waals surface area (Å²) < 4.78 is 29.9. The van der Waals surface area contributed by atoms with Crippen molar-refractivity contribution in [1.82, 2.24) is 0 Å². The summed E-state index contributed by atoms with van der Waals surface area (Å²) in [6.45, 7) is 0. The zero-order valence-corrected chi connectivity index (χ0v) is 15.5. The average molecular weight is 342 g/mol. The topological polar surface area (TPSA) is 102 Å². The van der Waals surface area contributed by atoms with Gasteiger partial charge in [-0.1, -0.05) is 24.3 Å². The molecule has 2 aromatic carbocycles. The van der Waals surface area contributed by atoms with E-state index in [1.807, 2.05) is 12.1 Å². The Kier molecular flexibility index (Phi) is 7.87. The van der Waals surface area contributed by atoms with E-state index in [0.29, 0.717) is 24.2 Å². The molecule has 2 rings (SSSR count). The van der Waals surface area contributed by atoms with Gasteiger partial charge in [-0.2, -0.15) is 18.6 Å². The second-order valence-corrected chi connectivity index (χ2v) is 6.32. The Morgan fingerprint density at radius 1 is 0.913 bits per heavy atom. The van der Waals surface area contributed by atoms with Gasteiger partial charge in [0, 0.05) is 0 Å². The van der Waals surface area contributed by atoms with E-state index in [1.165, 1.54) is 12.1 Å². The molecule has 0 heterocycles. The standard InChI is InChI=1S/C15H16N2O4S.Na/c18-15-9-7-14(8-10-15)17-16-13-5-3-12(4-6-13)2-1-11-22(19,20)21;/h3-10,18H,1-2,11H2,(H,19,20,21);/q;+1/p-1. The van der Waals surface area contributed by atoms with Crippen molar-refractivity contribution >= 4 is 21.5 Å². The summed E-state index contributed by atoms with van der Waals surface area (Å²) in [5, 5.41) is 19.0. The van der Waals surface area contributed by atoms with Crippen LogP contribution in [-0.4, -0.2) is 18.7 Å². The van der Waals surface area contributed by atoms with E-state index in [-0.39, 0.29) is 41.1 Å². The summed E-state index contributed by atoms with van der Waals surface area (Å²) in [5.74, 6) is -0.322. The van der Waals surface area contributed by atoms with E-state index in [9.17, 15) is 13.5 Å². The number of aryl methyl sites for hydroxylation is 1. The molecule has 8 heteroatoms. The fraction of sp³-hybridized carbons (Fsp3) is 0.200. The van der Waals surface area contributed by atoms with Gasteiger partial charge < -0.3 is 5.11 Å². The van der Waals surface area contributed by atoms with E-state index in [4.69, 9.17) is 4.55 Å². The molecule has 116 valence electrons. The molecular formula is C15H15N2NaO4S. The van der Waals surface area contributed by atoms with Crippen LogP contribution in [0.4, 0.5) is 11.4 Å². The molecule has 0 spiro atoms. The molecule has 0 saturated heterocycles. The number of nitrogens with zero attached hydrogens (tertiary/aromatic N) is 2. The van der Waals surface area contributed by atoms with Crippen LogP contribution in [0, 0.1) is 0 Å². The van der Waals surface area contributed by atoms with Gasteiger partial charge in [0.15, 0.2) is 0 Å². The van der Waals surface area contributed by atoms with Crippen LogP contribution in [0.2, 0.25) is 0 Å². The molecule has 0 bridgehead atoms. The molecule has 0 radical (unpaired) electrons. The number of hydrogen-bond donors (Lipinski definition) is 1. The first-order valence-electron chi connectivity index (χ1n) is 6.65. The third kappa shape index (κ3) is 7.71. The van der Waals surface area contributed by atoms with Crippen molar-refractivity contribution in [2.45, 2.75) is 12.8 Å². The van der Waals surface area contributed by atoms with Gasteiger partial charge in [0.1, 0.15) is 0 Å². The zero-order valence-electron chi connectivity index (χ0n) is 12.7. The minimum absolute atomic E-state index is 0. The fourth-order valence-corrected chi connectivity index (χ4v) is 2.33. The molecule has 0 fully saturated rings. The maximum absolute atomic E-state index is 11.0. The Labute approximate surface area is 157 Å². The van der Waals surface area contributed by atoms with Gasteiger partial charge in [-0.3, -0.25) is 4.55 Å². The van der Waals surface area contributed by atoms with Gasteiger partial charge in [0.2, 0.25) is 0 Å². The van der Waals surface area contributed by atoms with Crippen LogP contribution in [0.1, 0.15) is 12.0 Å². The quantitative estimate of drug-likeness (QED) is 0.453. The summed E-state index contributed by atoms with van der Waals surface area (Å²) in [6, 6.07) is 13.2. The van der Waals surface area contributed by atoms with Crippen molar-refractivity contribution in [3.8, 4) is 5.75 Å². The smallest absolute Gasteiger partial charge is 0.872 e. The maximum Gasteiger partial charge on any atom is 1.00 e.